The van der Waals surface area contributed by atoms with Crippen LogP contribution in [0.2, 0.25) is 5.02 Å². The molecule has 2 aliphatic rings. The number of ether oxygens (including phenoxy) is 2. The molecule has 0 spiro atoms. The molecule has 0 bridgehead atoms. The van der Waals surface area contributed by atoms with Gasteiger partial charge in [-0.05, 0) is 37.1 Å². The number of fused-ring (bicyclic) bond motifs is 1. The minimum absolute atomic E-state index is 0.284. The minimum Gasteiger partial charge on any atom is -0.489 e. The highest BCUT2D eigenvalue weighted by Crippen LogP contribution is 2.39. The molecule has 2 aromatic carbocycles. The second kappa shape index (κ2) is 7.40. The third-order valence-corrected chi connectivity index (χ3v) is 5.19. The standard InChI is InChI=1S/C21H19ClN4O3/c22-16-10-14(11-17-18(16)29-8-2-7-28-17)21(27)23-15-4-1-3-13(9-15)20-24-19(25-26-20)12-5-6-12/h1,3-4,9-12H,2,5-8H2,(H,23,27)(H,24,25,26). The van der Waals surface area contributed by atoms with Crippen molar-refractivity contribution in [2.45, 2.75) is 25.2 Å². The highest BCUT2D eigenvalue weighted by atomic mass is 35.5. The Morgan fingerprint density at radius 1 is 1.17 bits per heavy atom. The smallest absolute Gasteiger partial charge is 0.255 e. The normalized spacial score (nSPS) is 15.6. The largest absolute Gasteiger partial charge is 0.489 e. The van der Waals surface area contributed by atoms with Crippen molar-refractivity contribution in [3.05, 3.63) is 52.8 Å². The minimum atomic E-state index is -0.284. The Hall–Kier alpha value is -3.06. The molecule has 1 aliphatic heterocycles. The molecule has 0 atom stereocenters. The fourth-order valence-electron chi connectivity index (χ4n) is 3.24. The third kappa shape index (κ3) is 3.78. The van der Waals surface area contributed by atoms with E-state index in [9.17, 15) is 4.79 Å². The van der Waals surface area contributed by atoms with Gasteiger partial charge in [-0.15, -0.1) is 0 Å². The van der Waals surface area contributed by atoms with Gasteiger partial charge in [-0.3, -0.25) is 9.89 Å². The quantitative estimate of drug-likeness (QED) is 0.664. The van der Waals surface area contributed by atoms with E-state index in [2.05, 4.69) is 20.5 Å². The number of nitrogens with zero attached hydrogens (tertiary/aromatic N) is 2. The monoisotopic (exact) mass is 410 g/mol. The van der Waals surface area contributed by atoms with Crippen LogP contribution in [0.4, 0.5) is 5.69 Å². The van der Waals surface area contributed by atoms with Crippen molar-refractivity contribution in [1.82, 2.24) is 15.2 Å². The molecule has 2 N–H and O–H groups in total. The SMILES string of the molecule is O=C(Nc1cccc(-c2n[nH]c(C3CC3)n2)c1)c1cc(Cl)c2c(c1)OCCCO2. The number of benzene rings is 2. The maximum atomic E-state index is 12.8. The van der Waals surface area contributed by atoms with E-state index in [-0.39, 0.29) is 5.91 Å². The Labute approximate surface area is 172 Å². The Morgan fingerprint density at radius 3 is 2.90 bits per heavy atom. The summed E-state index contributed by atoms with van der Waals surface area (Å²) in [6.45, 7) is 1.06. The summed E-state index contributed by atoms with van der Waals surface area (Å²) < 4.78 is 11.3. The predicted molar refractivity (Wildman–Crippen MR) is 109 cm³/mol. The van der Waals surface area contributed by atoms with Gasteiger partial charge in [-0.1, -0.05) is 23.7 Å². The molecule has 1 amide bonds. The number of hydrogen-bond acceptors (Lipinski definition) is 5. The van der Waals surface area contributed by atoms with E-state index < -0.39 is 0 Å². The maximum absolute atomic E-state index is 12.8. The fraction of sp³-hybridized carbons (Fsp3) is 0.286. The van der Waals surface area contributed by atoms with Crippen LogP contribution in [0.15, 0.2) is 36.4 Å². The molecule has 0 radical (unpaired) electrons. The molecule has 1 aromatic heterocycles. The van der Waals surface area contributed by atoms with E-state index in [4.69, 9.17) is 21.1 Å². The van der Waals surface area contributed by atoms with Crippen molar-refractivity contribution < 1.29 is 14.3 Å². The van der Waals surface area contributed by atoms with E-state index in [1.165, 1.54) is 0 Å². The van der Waals surface area contributed by atoms with Gasteiger partial charge in [-0.2, -0.15) is 5.10 Å². The molecule has 1 saturated carbocycles. The van der Waals surface area contributed by atoms with E-state index in [0.29, 0.717) is 52.7 Å². The number of halogens is 1. The van der Waals surface area contributed by atoms with Crippen molar-refractivity contribution >= 4 is 23.2 Å². The van der Waals surface area contributed by atoms with Crippen LogP contribution >= 0.6 is 11.6 Å². The van der Waals surface area contributed by atoms with Gasteiger partial charge in [0.15, 0.2) is 17.3 Å². The average Bonchev–Trinajstić information content (AvgIpc) is 3.50. The Bertz CT molecular complexity index is 1080. The summed E-state index contributed by atoms with van der Waals surface area (Å²) in [6, 6.07) is 10.7. The predicted octanol–water partition coefficient (Wildman–Crippen LogP) is 4.42. The lowest BCUT2D eigenvalue weighted by Crippen LogP contribution is -2.12. The molecule has 3 aromatic rings. The van der Waals surface area contributed by atoms with Crippen LogP contribution in [0.1, 0.15) is 41.4 Å². The number of aromatic nitrogens is 3. The van der Waals surface area contributed by atoms with Crippen molar-refractivity contribution in [1.29, 1.82) is 0 Å². The molecule has 0 saturated heterocycles. The first-order valence-corrected chi connectivity index (χ1v) is 9.98. The van der Waals surface area contributed by atoms with Gasteiger partial charge in [0.25, 0.3) is 5.91 Å². The van der Waals surface area contributed by atoms with Crippen LogP contribution in [0.3, 0.4) is 0 Å². The lowest BCUT2D eigenvalue weighted by molar-refractivity contribution is 0.102. The topological polar surface area (TPSA) is 89.1 Å². The maximum Gasteiger partial charge on any atom is 0.255 e. The summed E-state index contributed by atoms with van der Waals surface area (Å²) in [7, 11) is 0. The number of carbonyl (C=O) groups is 1. The molecule has 29 heavy (non-hydrogen) atoms. The second-order valence-corrected chi connectivity index (χ2v) is 7.60. The molecule has 1 fully saturated rings. The molecule has 0 unspecified atom stereocenters. The molecule has 5 rings (SSSR count). The number of hydrogen-bond donors (Lipinski definition) is 2. The van der Waals surface area contributed by atoms with Crippen LogP contribution < -0.4 is 14.8 Å². The molecule has 1 aliphatic carbocycles. The van der Waals surface area contributed by atoms with E-state index in [0.717, 1.165) is 30.7 Å². The number of H-pyrrole nitrogens is 1. The highest BCUT2D eigenvalue weighted by Gasteiger charge is 2.27. The van der Waals surface area contributed by atoms with Gasteiger partial charge in [-0.25, -0.2) is 4.98 Å². The van der Waals surface area contributed by atoms with E-state index in [1.807, 2.05) is 24.3 Å². The van der Waals surface area contributed by atoms with Crippen LogP contribution in [-0.2, 0) is 0 Å². The summed E-state index contributed by atoms with van der Waals surface area (Å²) >= 11 is 6.30. The molecule has 7 nitrogen and oxygen atoms in total. The first-order valence-electron chi connectivity index (χ1n) is 9.60. The number of aromatic amines is 1. The van der Waals surface area contributed by atoms with Crippen LogP contribution in [0.5, 0.6) is 11.5 Å². The number of rotatable bonds is 4. The van der Waals surface area contributed by atoms with Gasteiger partial charge < -0.3 is 14.8 Å². The summed E-state index contributed by atoms with van der Waals surface area (Å²) in [5.41, 5.74) is 1.88. The third-order valence-electron chi connectivity index (χ3n) is 4.91. The zero-order chi connectivity index (χ0) is 19.8. The lowest BCUT2D eigenvalue weighted by Gasteiger charge is -2.12. The first kappa shape index (κ1) is 18.0. The summed E-state index contributed by atoms with van der Waals surface area (Å²) in [5, 5.41) is 10.6. The zero-order valence-electron chi connectivity index (χ0n) is 15.6. The summed E-state index contributed by atoms with van der Waals surface area (Å²) in [6.07, 6.45) is 3.08. The van der Waals surface area contributed by atoms with Gasteiger partial charge in [0.05, 0.1) is 18.2 Å². The van der Waals surface area contributed by atoms with E-state index in [1.54, 1.807) is 12.1 Å². The van der Waals surface area contributed by atoms with Gasteiger partial charge >= 0.3 is 0 Å². The fourth-order valence-corrected chi connectivity index (χ4v) is 3.51. The van der Waals surface area contributed by atoms with Gasteiger partial charge in [0, 0.05) is 29.2 Å². The Kier molecular flexibility index (Phi) is 4.60. The summed E-state index contributed by atoms with van der Waals surface area (Å²) in [5.74, 6) is 2.75. The van der Waals surface area contributed by atoms with Crippen molar-refractivity contribution in [3.8, 4) is 22.9 Å². The van der Waals surface area contributed by atoms with E-state index >= 15 is 0 Å². The Morgan fingerprint density at radius 2 is 2.03 bits per heavy atom. The molecule has 8 heteroatoms. The van der Waals surface area contributed by atoms with Crippen molar-refractivity contribution in [3.63, 3.8) is 0 Å². The highest BCUT2D eigenvalue weighted by molar-refractivity contribution is 6.32. The number of carbonyl (C=O) groups excluding carboxylic acids is 1. The van der Waals surface area contributed by atoms with Crippen LogP contribution in [0, 0.1) is 0 Å². The molecular formula is C21H19ClN4O3. The number of anilines is 1. The number of nitrogens with one attached hydrogen (secondary N) is 2. The Balaban J connectivity index is 1.37. The van der Waals surface area contributed by atoms with Crippen molar-refractivity contribution in [2.24, 2.45) is 0 Å². The van der Waals surface area contributed by atoms with Crippen LogP contribution in [0.25, 0.3) is 11.4 Å². The zero-order valence-corrected chi connectivity index (χ0v) is 16.3. The van der Waals surface area contributed by atoms with Crippen molar-refractivity contribution in [2.75, 3.05) is 18.5 Å². The van der Waals surface area contributed by atoms with Gasteiger partial charge in [0.2, 0.25) is 0 Å². The first-order chi connectivity index (χ1) is 14.2. The lowest BCUT2D eigenvalue weighted by atomic mass is 10.1. The summed E-state index contributed by atoms with van der Waals surface area (Å²) in [4.78, 5) is 17.3. The average molecular weight is 411 g/mol. The second-order valence-electron chi connectivity index (χ2n) is 7.19. The van der Waals surface area contributed by atoms with Crippen LogP contribution in [-0.4, -0.2) is 34.3 Å². The number of amides is 1. The molecule has 148 valence electrons. The molecular weight excluding hydrogens is 392 g/mol. The molecule has 2 heterocycles. The van der Waals surface area contributed by atoms with Gasteiger partial charge in [0.1, 0.15) is 5.82 Å².